The Morgan fingerprint density at radius 3 is 2.44 bits per heavy atom. The number of benzene rings is 1. The smallest absolute Gasteiger partial charge is 0.0408 e. The predicted molar refractivity (Wildman–Crippen MR) is 82.6 cm³/mol. The van der Waals surface area contributed by atoms with Gasteiger partial charge in [-0.25, -0.2) is 0 Å². The predicted octanol–water partition coefficient (Wildman–Crippen LogP) is 5.36. The minimum absolute atomic E-state index is 0.255. The molecule has 96 valence electrons. The summed E-state index contributed by atoms with van der Waals surface area (Å²) in [6, 6.07) is 9.92. The third kappa shape index (κ3) is 3.03. The molecule has 0 aliphatic carbocycles. The summed E-state index contributed by atoms with van der Waals surface area (Å²) in [5.74, 6) is 0.958. The van der Waals surface area contributed by atoms with Crippen LogP contribution in [0.25, 0.3) is 0 Å². The van der Waals surface area contributed by atoms with E-state index in [4.69, 9.17) is 34.8 Å². The van der Waals surface area contributed by atoms with Crippen LogP contribution in [0.2, 0.25) is 5.02 Å². The van der Waals surface area contributed by atoms with Gasteiger partial charge in [0, 0.05) is 22.2 Å². The van der Waals surface area contributed by atoms with Crippen molar-refractivity contribution in [2.24, 2.45) is 0 Å². The van der Waals surface area contributed by atoms with Crippen molar-refractivity contribution in [2.45, 2.75) is 11.8 Å². The molecule has 0 saturated heterocycles. The molecule has 1 heterocycles. The van der Waals surface area contributed by atoms with Gasteiger partial charge in [-0.2, -0.15) is 11.3 Å². The zero-order valence-corrected chi connectivity index (χ0v) is 12.8. The molecular formula is C14H13Cl3S. The minimum atomic E-state index is -0.255. The first kappa shape index (κ1) is 14.2. The molecule has 2 aromatic rings. The second-order valence-corrected chi connectivity index (χ2v) is 6.12. The van der Waals surface area contributed by atoms with Crippen molar-refractivity contribution in [2.75, 3.05) is 11.8 Å². The van der Waals surface area contributed by atoms with Crippen molar-refractivity contribution in [3.05, 3.63) is 57.2 Å². The van der Waals surface area contributed by atoms with Crippen molar-refractivity contribution in [1.82, 2.24) is 0 Å². The number of alkyl halides is 2. The van der Waals surface area contributed by atoms with E-state index in [2.05, 4.69) is 16.8 Å². The van der Waals surface area contributed by atoms with Gasteiger partial charge in [-0.3, -0.25) is 0 Å². The Morgan fingerprint density at radius 2 is 1.89 bits per heavy atom. The Labute approximate surface area is 126 Å². The summed E-state index contributed by atoms with van der Waals surface area (Å²) in [6.07, 6.45) is 0.837. The zero-order chi connectivity index (χ0) is 13.0. The third-order valence-electron chi connectivity index (χ3n) is 3.07. The molecule has 0 N–H and O–H groups in total. The molecule has 0 aliphatic heterocycles. The minimum Gasteiger partial charge on any atom is -0.152 e. The van der Waals surface area contributed by atoms with Gasteiger partial charge in [-0.1, -0.05) is 23.7 Å². The van der Waals surface area contributed by atoms with Gasteiger partial charge in [0.1, 0.15) is 0 Å². The van der Waals surface area contributed by atoms with Crippen LogP contribution in [0.15, 0.2) is 41.1 Å². The Kier molecular flexibility index (Phi) is 4.97. The highest BCUT2D eigenvalue weighted by Crippen LogP contribution is 2.33. The SMILES string of the molecule is ClCC(CCl)(Cc1ccsc1)c1cccc(Cl)c1. The average molecular weight is 320 g/mol. The molecule has 0 aliphatic rings. The Bertz CT molecular complexity index is 490. The van der Waals surface area contributed by atoms with Crippen molar-refractivity contribution in [3.63, 3.8) is 0 Å². The van der Waals surface area contributed by atoms with Crippen LogP contribution in [-0.2, 0) is 11.8 Å². The summed E-state index contributed by atoms with van der Waals surface area (Å²) in [5.41, 5.74) is 2.11. The van der Waals surface area contributed by atoms with Gasteiger partial charge in [0.05, 0.1) is 0 Å². The van der Waals surface area contributed by atoms with Crippen molar-refractivity contribution < 1.29 is 0 Å². The van der Waals surface area contributed by atoms with Crippen LogP contribution in [0, 0.1) is 0 Å². The first-order valence-electron chi connectivity index (χ1n) is 5.59. The highest BCUT2D eigenvalue weighted by molar-refractivity contribution is 7.07. The molecule has 4 heteroatoms. The lowest BCUT2D eigenvalue weighted by Gasteiger charge is -2.30. The van der Waals surface area contributed by atoms with E-state index in [0.29, 0.717) is 11.8 Å². The first-order valence-corrected chi connectivity index (χ1v) is 7.98. The molecule has 0 fully saturated rings. The maximum absolute atomic E-state index is 6.20. The Hall–Kier alpha value is -0.210. The standard InChI is InChI=1S/C14H13Cl3S/c15-9-14(10-16,7-11-4-5-18-8-11)12-2-1-3-13(17)6-12/h1-6,8H,7,9-10H2. The van der Waals surface area contributed by atoms with Crippen LogP contribution in [0.4, 0.5) is 0 Å². The fourth-order valence-corrected chi connectivity index (χ4v) is 3.63. The normalized spacial score (nSPS) is 11.7. The quantitative estimate of drug-likeness (QED) is 0.651. The topological polar surface area (TPSA) is 0 Å². The van der Waals surface area contributed by atoms with E-state index in [1.54, 1.807) is 11.3 Å². The third-order valence-corrected chi connectivity index (χ3v) is 5.06. The van der Waals surface area contributed by atoms with Gasteiger partial charge in [-0.15, -0.1) is 23.2 Å². The summed E-state index contributed by atoms with van der Waals surface area (Å²) in [5, 5.41) is 4.93. The lowest BCUT2D eigenvalue weighted by atomic mass is 9.79. The molecule has 0 unspecified atom stereocenters. The van der Waals surface area contributed by atoms with E-state index in [-0.39, 0.29) is 5.41 Å². The van der Waals surface area contributed by atoms with Crippen molar-refractivity contribution >= 4 is 46.1 Å². The monoisotopic (exact) mass is 318 g/mol. The van der Waals surface area contributed by atoms with Gasteiger partial charge < -0.3 is 0 Å². The van der Waals surface area contributed by atoms with Gasteiger partial charge in [0.2, 0.25) is 0 Å². The van der Waals surface area contributed by atoms with Crippen molar-refractivity contribution in [1.29, 1.82) is 0 Å². The fourth-order valence-electron chi connectivity index (χ4n) is 1.99. The number of rotatable bonds is 5. The molecular weight excluding hydrogens is 307 g/mol. The lowest BCUT2D eigenvalue weighted by molar-refractivity contribution is 0.537. The van der Waals surface area contributed by atoms with Gasteiger partial charge in [0.15, 0.2) is 0 Å². The molecule has 0 radical (unpaired) electrons. The number of halogens is 3. The van der Waals surface area contributed by atoms with E-state index in [9.17, 15) is 0 Å². The van der Waals surface area contributed by atoms with E-state index in [1.807, 2.05) is 24.3 Å². The van der Waals surface area contributed by atoms with Gasteiger partial charge in [-0.05, 0) is 46.5 Å². The van der Waals surface area contributed by atoms with Gasteiger partial charge >= 0.3 is 0 Å². The molecule has 0 spiro atoms. The van der Waals surface area contributed by atoms with E-state index >= 15 is 0 Å². The number of hydrogen-bond acceptors (Lipinski definition) is 1. The Morgan fingerprint density at radius 1 is 1.11 bits per heavy atom. The summed E-state index contributed by atoms with van der Waals surface area (Å²) in [7, 11) is 0. The number of hydrogen-bond donors (Lipinski definition) is 0. The first-order chi connectivity index (χ1) is 8.70. The maximum Gasteiger partial charge on any atom is 0.0408 e. The van der Waals surface area contributed by atoms with Crippen LogP contribution in [0.5, 0.6) is 0 Å². The molecule has 0 bridgehead atoms. The van der Waals surface area contributed by atoms with E-state index in [1.165, 1.54) is 5.56 Å². The average Bonchev–Trinajstić information content (AvgIpc) is 2.89. The molecule has 0 amide bonds. The van der Waals surface area contributed by atoms with E-state index < -0.39 is 0 Å². The van der Waals surface area contributed by atoms with E-state index in [0.717, 1.165) is 17.0 Å². The zero-order valence-electron chi connectivity index (χ0n) is 9.70. The summed E-state index contributed by atoms with van der Waals surface area (Å²) >= 11 is 20.2. The molecule has 18 heavy (non-hydrogen) atoms. The molecule has 0 nitrogen and oxygen atoms in total. The second kappa shape index (κ2) is 6.29. The second-order valence-electron chi connectivity index (χ2n) is 4.37. The molecule has 0 saturated carbocycles. The highest BCUT2D eigenvalue weighted by Gasteiger charge is 2.31. The molecule has 2 rings (SSSR count). The Balaban J connectivity index is 2.37. The molecule has 0 atom stereocenters. The van der Waals surface area contributed by atoms with Crippen LogP contribution < -0.4 is 0 Å². The van der Waals surface area contributed by atoms with Crippen LogP contribution >= 0.6 is 46.1 Å². The molecule has 1 aromatic carbocycles. The largest absolute Gasteiger partial charge is 0.152 e. The highest BCUT2D eigenvalue weighted by atomic mass is 35.5. The molecule has 1 aromatic heterocycles. The summed E-state index contributed by atoms with van der Waals surface area (Å²) in [6.45, 7) is 0. The van der Waals surface area contributed by atoms with Crippen LogP contribution in [0.1, 0.15) is 11.1 Å². The van der Waals surface area contributed by atoms with Crippen LogP contribution in [-0.4, -0.2) is 11.8 Å². The van der Waals surface area contributed by atoms with Crippen molar-refractivity contribution in [3.8, 4) is 0 Å². The lowest BCUT2D eigenvalue weighted by Crippen LogP contribution is -2.33. The maximum atomic E-state index is 6.20. The fraction of sp³-hybridized carbons (Fsp3) is 0.286. The van der Waals surface area contributed by atoms with Crippen LogP contribution in [0.3, 0.4) is 0 Å². The number of thiophene rings is 1. The summed E-state index contributed by atoms with van der Waals surface area (Å²) in [4.78, 5) is 0. The summed E-state index contributed by atoms with van der Waals surface area (Å²) < 4.78 is 0. The van der Waals surface area contributed by atoms with Gasteiger partial charge in [0.25, 0.3) is 0 Å².